The highest BCUT2D eigenvalue weighted by Crippen LogP contribution is 2.32. The largest absolute Gasteiger partial charge is 0.465 e. The lowest BCUT2D eigenvalue weighted by Gasteiger charge is -2.12. The molecule has 7 nitrogen and oxygen atoms in total. The Kier molecular flexibility index (Phi) is 6.22. The lowest BCUT2D eigenvalue weighted by Crippen LogP contribution is -2.33. The van der Waals surface area contributed by atoms with Crippen LogP contribution in [-0.2, 0) is 4.74 Å². The van der Waals surface area contributed by atoms with Crippen molar-refractivity contribution in [3.05, 3.63) is 23.8 Å². The number of hydrogen-bond donors (Lipinski definition) is 1. The fraction of sp³-hybridized carbons (Fsp3) is 0.500. The summed E-state index contributed by atoms with van der Waals surface area (Å²) in [5.74, 6) is 0.921. The molecule has 1 aliphatic heterocycles. The normalized spacial score (nSPS) is 13.3. The third kappa shape index (κ3) is 5.14. The smallest absolute Gasteiger partial charge is 0.291 e. The van der Waals surface area contributed by atoms with Gasteiger partial charge in [-0.15, -0.1) is 0 Å². The summed E-state index contributed by atoms with van der Waals surface area (Å²) < 4.78 is 16.0. The van der Waals surface area contributed by atoms with Crippen molar-refractivity contribution in [2.45, 2.75) is 13.3 Å². The number of aliphatic imine (C=N–C) groups is 1. The van der Waals surface area contributed by atoms with Gasteiger partial charge in [0.05, 0.1) is 13.2 Å². The van der Waals surface area contributed by atoms with Crippen molar-refractivity contribution in [2.24, 2.45) is 4.99 Å². The van der Waals surface area contributed by atoms with Crippen LogP contribution in [0.2, 0.25) is 0 Å². The molecule has 23 heavy (non-hydrogen) atoms. The summed E-state index contributed by atoms with van der Waals surface area (Å²) in [4.78, 5) is 18.7. The van der Waals surface area contributed by atoms with Gasteiger partial charge in [-0.05, 0) is 38.7 Å². The molecule has 1 aromatic rings. The van der Waals surface area contributed by atoms with Crippen LogP contribution in [0.3, 0.4) is 0 Å². The van der Waals surface area contributed by atoms with Crippen LogP contribution in [0.5, 0.6) is 11.5 Å². The number of hydrogen-bond acceptors (Lipinski definition) is 6. The van der Waals surface area contributed by atoms with Crippen LogP contribution in [-0.4, -0.2) is 57.4 Å². The zero-order chi connectivity index (χ0) is 16.7. The molecule has 0 saturated heterocycles. The number of ether oxygens (including phenoxy) is 3. The second-order valence-electron chi connectivity index (χ2n) is 5.36. The van der Waals surface area contributed by atoms with Crippen LogP contribution in [0, 0.1) is 0 Å². The summed E-state index contributed by atoms with van der Waals surface area (Å²) in [6.07, 6.45) is 0.840. The second kappa shape index (κ2) is 8.38. The van der Waals surface area contributed by atoms with E-state index in [9.17, 15) is 4.79 Å². The van der Waals surface area contributed by atoms with E-state index in [4.69, 9.17) is 14.2 Å². The molecule has 0 bridgehead atoms. The Bertz CT molecular complexity index is 572. The Balaban J connectivity index is 2.01. The van der Waals surface area contributed by atoms with E-state index in [1.807, 2.05) is 25.9 Å². The molecule has 2 rings (SSSR count). The fourth-order valence-corrected chi connectivity index (χ4v) is 1.88. The van der Waals surface area contributed by atoms with E-state index in [-0.39, 0.29) is 18.7 Å². The predicted molar refractivity (Wildman–Crippen MR) is 87.1 cm³/mol. The average molecular weight is 321 g/mol. The Morgan fingerprint density at radius 1 is 1.35 bits per heavy atom. The topological polar surface area (TPSA) is 72.4 Å². The maximum atomic E-state index is 12.3. The number of carbonyl (C=O) groups is 1. The number of fused-ring (bicyclic) bond motifs is 1. The van der Waals surface area contributed by atoms with E-state index < -0.39 is 0 Å². The first-order valence-electron chi connectivity index (χ1n) is 7.63. The van der Waals surface area contributed by atoms with Gasteiger partial charge in [-0.25, -0.2) is 4.99 Å². The first-order chi connectivity index (χ1) is 11.1. The number of nitrogens with one attached hydrogen (secondary N) is 1. The van der Waals surface area contributed by atoms with Gasteiger partial charge < -0.3 is 19.1 Å². The molecule has 0 aromatic heterocycles. The third-order valence-electron chi connectivity index (χ3n) is 3.10. The van der Waals surface area contributed by atoms with E-state index in [1.165, 1.54) is 0 Å². The Morgan fingerprint density at radius 2 is 2.13 bits per heavy atom. The second-order valence-corrected chi connectivity index (χ2v) is 5.36. The lowest BCUT2D eigenvalue weighted by atomic mass is 10.2. The van der Waals surface area contributed by atoms with Gasteiger partial charge in [-0.1, -0.05) is 6.92 Å². The Labute approximate surface area is 136 Å². The summed E-state index contributed by atoms with van der Waals surface area (Å²) in [7, 11) is 3.93. The lowest BCUT2D eigenvalue weighted by molar-refractivity contribution is 0.0965. The van der Waals surface area contributed by atoms with E-state index in [2.05, 4.69) is 10.3 Å². The molecular formula is C16H23N3O4. The minimum absolute atomic E-state index is 0.178. The maximum Gasteiger partial charge on any atom is 0.291 e. The van der Waals surface area contributed by atoms with E-state index >= 15 is 0 Å². The van der Waals surface area contributed by atoms with Crippen LogP contribution in [0.25, 0.3) is 0 Å². The van der Waals surface area contributed by atoms with Crippen molar-refractivity contribution < 1.29 is 19.0 Å². The van der Waals surface area contributed by atoms with Gasteiger partial charge in [0.15, 0.2) is 11.5 Å². The Morgan fingerprint density at radius 3 is 2.87 bits per heavy atom. The van der Waals surface area contributed by atoms with Crippen molar-refractivity contribution in [1.82, 2.24) is 10.2 Å². The van der Waals surface area contributed by atoms with Crippen LogP contribution in [0.15, 0.2) is 23.2 Å². The molecule has 1 amide bonds. The van der Waals surface area contributed by atoms with Gasteiger partial charge in [0.1, 0.15) is 0 Å². The van der Waals surface area contributed by atoms with Gasteiger partial charge in [0.2, 0.25) is 6.79 Å². The highest BCUT2D eigenvalue weighted by atomic mass is 16.7. The average Bonchev–Trinajstić information content (AvgIpc) is 2.99. The number of rotatable bonds is 6. The molecule has 1 N–H and O–H groups in total. The van der Waals surface area contributed by atoms with Crippen molar-refractivity contribution in [1.29, 1.82) is 0 Å². The Hall–Kier alpha value is -2.28. The van der Waals surface area contributed by atoms with Gasteiger partial charge in [0, 0.05) is 12.1 Å². The number of nitrogens with zero attached hydrogens (tertiary/aromatic N) is 2. The third-order valence-corrected chi connectivity index (χ3v) is 3.10. The number of amidine groups is 1. The molecule has 126 valence electrons. The molecule has 1 aliphatic rings. The van der Waals surface area contributed by atoms with E-state index in [0.717, 1.165) is 13.0 Å². The zero-order valence-corrected chi connectivity index (χ0v) is 13.8. The summed E-state index contributed by atoms with van der Waals surface area (Å²) >= 11 is 0. The fourth-order valence-electron chi connectivity index (χ4n) is 1.88. The van der Waals surface area contributed by atoms with Gasteiger partial charge >= 0.3 is 0 Å². The summed E-state index contributed by atoms with van der Waals surface area (Å²) in [6.45, 7) is 4.00. The van der Waals surface area contributed by atoms with Gasteiger partial charge in [0.25, 0.3) is 11.9 Å². The summed E-state index contributed by atoms with van der Waals surface area (Å²) in [5.41, 5.74) is 0.467. The van der Waals surface area contributed by atoms with Crippen LogP contribution >= 0.6 is 0 Å². The predicted octanol–water partition coefficient (Wildman–Crippen LogP) is 1.49. The first-order valence-corrected chi connectivity index (χ1v) is 7.63. The monoisotopic (exact) mass is 321 g/mol. The van der Waals surface area contributed by atoms with Gasteiger partial charge in [-0.3, -0.25) is 10.1 Å². The SMILES string of the molecule is CCCOC(=NCCN(C)C)NC(=O)c1ccc2c(c1)OCO2. The van der Waals surface area contributed by atoms with Crippen molar-refractivity contribution in [2.75, 3.05) is 40.6 Å². The van der Waals surface area contributed by atoms with E-state index in [0.29, 0.717) is 30.2 Å². The van der Waals surface area contributed by atoms with Gasteiger partial charge in [-0.2, -0.15) is 0 Å². The van der Waals surface area contributed by atoms with Crippen molar-refractivity contribution in [3.8, 4) is 11.5 Å². The summed E-state index contributed by atoms with van der Waals surface area (Å²) in [5, 5.41) is 2.71. The standard InChI is InChI=1S/C16H23N3O4/c1-4-9-21-16(17-7-8-19(2)3)18-15(20)12-5-6-13-14(10-12)23-11-22-13/h5-6,10H,4,7-9,11H2,1-3H3,(H,17,18,20). The van der Waals surface area contributed by atoms with Crippen LogP contribution in [0.4, 0.5) is 0 Å². The maximum absolute atomic E-state index is 12.3. The molecule has 0 atom stereocenters. The number of benzene rings is 1. The molecule has 0 spiro atoms. The highest BCUT2D eigenvalue weighted by Gasteiger charge is 2.17. The molecule has 0 radical (unpaired) electrons. The highest BCUT2D eigenvalue weighted by molar-refractivity contribution is 6.04. The molecule has 7 heteroatoms. The molecule has 1 heterocycles. The molecule has 0 saturated carbocycles. The summed E-state index contributed by atoms with van der Waals surface area (Å²) in [6, 6.07) is 5.29. The van der Waals surface area contributed by atoms with Crippen LogP contribution in [0.1, 0.15) is 23.7 Å². The minimum atomic E-state index is -0.289. The minimum Gasteiger partial charge on any atom is -0.465 e. The number of amides is 1. The van der Waals surface area contributed by atoms with Crippen molar-refractivity contribution >= 4 is 11.9 Å². The van der Waals surface area contributed by atoms with E-state index in [1.54, 1.807) is 18.2 Å². The molecule has 0 aliphatic carbocycles. The quantitative estimate of drug-likeness (QED) is 0.635. The molecular weight excluding hydrogens is 298 g/mol. The zero-order valence-electron chi connectivity index (χ0n) is 13.8. The molecule has 1 aromatic carbocycles. The molecule has 0 fully saturated rings. The van der Waals surface area contributed by atoms with Crippen LogP contribution < -0.4 is 14.8 Å². The number of carbonyl (C=O) groups excluding carboxylic acids is 1. The first kappa shape index (κ1) is 17.1. The van der Waals surface area contributed by atoms with Crippen molar-refractivity contribution in [3.63, 3.8) is 0 Å². The number of likely N-dealkylation sites (N-methyl/N-ethyl adjacent to an activating group) is 1. The molecule has 0 unspecified atom stereocenters.